The minimum Gasteiger partial charge on any atom is -0.494 e. The van der Waals surface area contributed by atoms with E-state index in [1.807, 2.05) is 0 Å². The van der Waals surface area contributed by atoms with Crippen LogP contribution in [0.2, 0.25) is 5.02 Å². The molecular formula is C22H28ClFN4O4. The zero-order valence-electron chi connectivity index (χ0n) is 18.1. The van der Waals surface area contributed by atoms with Crippen molar-refractivity contribution < 1.29 is 23.4 Å². The molecule has 0 bridgehead atoms. The summed E-state index contributed by atoms with van der Waals surface area (Å²) in [6, 6.07) is 7.32. The van der Waals surface area contributed by atoms with Crippen molar-refractivity contribution in [3.8, 4) is 11.6 Å². The highest BCUT2D eigenvalue weighted by molar-refractivity contribution is 6.33. The van der Waals surface area contributed by atoms with Gasteiger partial charge in [-0.15, -0.1) is 0 Å². The summed E-state index contributed by atoms with van der Waals surface area (Å²) in [5.41, 5.74) is 5.30. The highest BCUT2D eigenvalue weighted by Gasteiger charge is 2.42. The van der Waals surface area contributed by atoms with Crippen LogP contribution < -0.4 is 25.8 Å². The molecule has 1 saturated heterocycles. The lowest BCUT2D eigenvalue weighted by molar-refractivity contribution is -0.00737. The predicted octanol–water partition coefficient (Wildman–Crippen LogP) is 2.80. The zero-order chi connectivity index (χ0) is 23.1. The largest absolute Gasteiger partial charge is 0.494 e. The Morgan fingerprint density at radius 1 is 1.38 bits per heavy atom. The molecule has 2 atom stereocenters. The van der Waals surface area contributed by atoms with Gasteiger partial charge in [-0.3, -0.25) is 4.79 Å². The number of nitrogens with zero attached hydrogens (tertiary/aromatic N) is 1. The number of pyridine rings is 1. The number of nitrogens with two attached hydrogens (primary N) is 1. The topological polar surface area (TPSA) is 108 Å². The van der Waals surface area contributed by atoms with Crippen molar-refractivity contribution in [2.45, 2.75) is 30.9 Å². The Kier molecular flexibility index (Phi) is 8.11. The molecule has 32 heavy (non-hydrogen) atoms. The molecule has 2 aromatic rings. The van der Waals surface area contributed by atoms with Crippen LogP contribution in [-0.4, -0.2) is 56.5 Å². The molecule has 1 aromatic heterocycles. The molecule has 0 saturated carbocycles. The number of aromatic nitrogens is 1. The van der Waals surface area contributed by atoms with Crippen LogP contribution in [0.4, 0.5) is 10.2 Å². The number of piperidine rings is 1. The predicted molar refractivity (Wildman–Crippen MR) is 120 cm³/mol. The number of benzene rings is 1. The van der Waals surface area contributed by atoms with E-state index in [9.17, 15) is 9.18 Å². The third-order valence-corrected chi connectivity index (χ3v) is 5.90. The summed E-state index contributed by atoms with van der Waals surface area (Å²) >= 11 is 6.09. The van der Waals surface area contributed by atoms with Gasteiger partial charge in [0.2, 0.25) is 5.88 Å². The fourth-order valence-corrected chi connectivity index (χ4v) is 4.06. The fraction of sp³-hybridized carbons (Fsp3) is 0.455. The number of rotatable bonds is 9. The highest BCUT2D eigenvalue weighted by atomic mass is 35.5. The number of halogens is 2. The van der Waals surface area contributed by atoms with E-state index in [4.69, 9.17) is 31.5 Å². The fourth-order valence-electron chi connectivity index (χ4n) is 3.91. The number of methoxy groups -OCH3 is 2. The lowest BCUT2D eigenvalue weighted by atomic mass is 9.81. The Labute approximate surface area is 191 Å². The molecule has 1 aliphatic heterocycles. The van der Waals surface area contributed by atoms with Crippen LogP contribution in [0.15, 0.2) is 30.3 Å². The van der Waals surface area contributed by atoms with Crippen molar-refractivity contribution in [1.29, 1.82) is 0 Å². The standard InChI is InChI=1S/C22H28ClFN4O4/c1-30-18-13-26-10-9-22(18,8-3-11-32-15-6-4-14(24)5-7-15)28-20(29)16-12-17(23)19(25)27-21(16)31-2/h4-7,12,18,26H,3,8-11,13H2,1-2H3,(H2,25,27)(H,28,29)/t18-,22+/m1/s1. The first kappa shape index (κ1) is 24.0. The Balaban J connectivity index is 1.74. The maximum absolute atomic E-state index is 13.2. The van der Waals surface area contributed by atoms with E-state index in [0.717, 1.165) is 6.54 Å². The van der Waals surface area contributed by atoms with Gasteiger partial charge in [0.05, 0.1) is 30.4 Å². The van der Waals surface area contributed by atoms with E-state index in [2.05, 4.69) is 15.6 Å². The smallest absolute Gasteiger partial charge is 0.257 e. The van der Waals surface area contributed by atoms with E-state index < -0.39 is 5.54 Å². The minimum absolute atomic E-state index is 0.0874. The number of amides is 1. The van der Waals surface area contributed by atoms with Gasteiger partial charge in [-0.25, -0.2) is 4.39 Å². The summed E-state index contributed by atoms with van der Waals surface area (Å²) in [4.78, 5) is 17.3. The molecule has 1 aromatic carbocycles. The number of carbonyl (C=O) groups is 1. The molecular weight excluding hydrogens is 439 g/mol. The molecule has 8 nitrogen and oxygen atoms in total. The zero-order valence-corrected chi connectivity index (χ0v) is 18.9. The Morgan fingerprint density at radius 2 is 2.12 bits per heavy atom. The second-order valence-corrected chi connectivity index (χ2v) is 8.01. The van der Waals surface area contributed by atoms with Gasteiger partial charge in [0.1, 0.15) is 22.9 Å². The lowest BCUT2D eigenvalue weighted by Crippen LogP contribution is -2.64. The first-order valence-electron chi connectivity index (χ1n) is 10.3. The van der Waals surface area contributed by atoms with Gasteiger partial charge >= 0.3 is 0 Å². The molecule has 0 unspecified atom stereocenters. The number of anilines is 1. The minimum atomic E-state index is -0.637. The molecule has 0 spiro atoms. The van der Waals surface area contributed by atoms with Crippen molar-refractivity contribution in [2.24, 2.45) is 0 Å². The highest BCUT2D eigenvalue weighted by Crippen LogP contribution is 2.30. The van der Waals surface area contributed by atoms with Crippen LogP contribution in [-0.2, 0) is 4.74 Å². The van der Waals surface area contributed by atoms with Gasteiger partial charge in [0, 0.05) is 13.7 Å². The van der Waals surface area contributed by atoms with Crippen molar-refractivity contribution in [1.82, 2.24) is 15.6 Å². The third kappa shape index (κ3) is 5.59. The van der Waals surface area contributed by atoms with Crippen molar-refractivity contribution in [2.75, 3.05) is 39.6 Å². The van der Waals surface area contributed by atoms with E-state index in [1.165, 1.54) is 25.3 Å². The number of ether oxygens (including phenoxy) is 3. The summed E-state index contributed by atoms with van der Waals surface area (Å²) in [6.07, 6.45) is 1.66. The van der Waals surface area contributed by atoms with Crippen LogP contribution in [0.5, 0.6) is 11.6 Å². The summed E-state index contributed by atoms with van der Waals surface area (Å²) in [5.74, 6) is 0.0841. The number of carbonyl (C=O) groups excluding carboxylic acids is 1. The maximum atomic E-state index is 13.2. The lowest BCUT2D eigenvalue weighted by Gasteiger charge is -2.44. The second-order valence-electron chi connectivity index (χ2n) is 7.61. The van der Waals surface area contributed by atoms with Gasteiger partial charge in [0.15, 0.2) is 0 Å². The number of hydrogen-bond acceptors (Lipinski definition) is 7. The first-order valence-corrected chi connectivity index (χ1v) is 10.7. The summed E-state index contributed by atoms with van der Waals surface area (Å²) in [6.45, 7) is 1.72. The van der Waals surface area contributed by atoms with Gasteiger partial charge < -0.3 is 30.6 Å². The number of hydrogen-bond donors (Lipinski definition) is 3. The molecule has 1 aliphatic rings. The third-order valence-electron chi connectivity index (χ3n) is 5.60. The van der Waals surface area contributed by atoms with Crippen molar-refractivity contribution >= 4 is 23.3 Å². The monoisotopic (exact) mass is 466 g/mol. The van der Waals surface area contributed by atoms with Crippen molar-refractivity contribution in [3.05, 3.63) is 46.7 Å². The Bertz CT molecular complexity index is 931. The molecule has 174 valence electrons. The van der Waals surface area contributed by atoms with Gasteiger partial charge in [0.25, 0.3) is 5.91 Å². The molecule has 10 heteroatoms. The van der Waals surface area contributed by atoms with E-state index in [1.54, 1.807) is 19.2 Å². The second kappa shape index (κ2) is 10.8. The first-order chi connectivity index (χ1) is 15.4. The van der Waals surface area contributed by atoms with Crippen LogP contribution >= 0.6 is 11.6 Å². The summed E-state index contributed by atoms with van der Waals surface area (Å²) in [5, 5.41) is 6.62. The average Bonchev–Trinajstić information content (AvgIpc) is 2.79. The van der Waals surface area contributed by atoms with E-state index >= 15 is 0 Å². The van der Waals surface area contributed by atoms with Crippen LogP contribution in [0, 0.1) is 5.82 Å². The van der Waals surface area contributed by atoms with Crippen molar-refractivity contribution in [3.63, 3.8) is 0 Å². The summed E-state index contributed by atoms with van der Waals surface area (Å²) < 4.78 is 29.7. The molecule has 0 radical (unpaired) electrons. The normalized spacial score (nSPS) is 20.6. The SMILES string of the molecule is COc1nc(N)c(Cl)cc1C(=O)N[C@@]1(CCCOc2ccc(F)cc2)CCNC[C@H]1OC. The molecule has 1 fully saturated rings. The van der Waals surface area contributed by atoms with Crippen LogP contribution in [0.3, 0.4) is 0 Å². The van der Waals surface area contributed by atoms with Crippen LogP contribution in [0.25, 0.3) is 0 Å². The number of nitrogen functional groups attached to an aromatic ring is 1. The summed E-state index contributed by atoms with van der Waals surface area (Å²) in [7, 11) is 3.04. The van der Waals surface area contributed by atoms with Gasteiger partial charge in [-0.05, 0) is 56.1 Å². The quantitative estimate of drug-likeness (QED) is 0.488. The maximum Gasteiger partial charge on any atom is 0.257 e. The molecule has 4 N–H and O–H groups in total. The van der Waals surface area contributed by atoms with E-state index in [0.29, 0.717) is 38.2 Å². The molecule has 0 aliphatic carbocycles. The van der Waals surface area contributed by atoms with E-state index in [-0.39, 0.29) is 40.1 Å². The number of nitrogens with one attached hydrogen (secondary N) is 2. The Morgan fingerprint density at radius 3 is 2.81 bits per heavy atom. The molecule has 3 rings (SSSR count). The molecule has 2 heterocycles. The van der Waals surface area contributed by atoms with Crippen LogP contribution in [0.1, 0.15) is 29.6 Å². The van der Waals surface area contributed by atoms with Gasteiger partial charge in [-0.1, -0.05) is 11.6 Å². The Hall–Kier alpha value is -2.62. The van der Waals surface area contributed by atoms with Gasteiger partial charge in [-0.2, -0.15) is 4.98 Å². The average molecular weight is 467 g/mol. The molecule has 1 amide bonds.